The number of carbonyl (C=O) groups excluding carboxylic acids is 2. The van der Waals surface area contributed by atoms with Crippen LogP contribution in [0.4, 0.5) is 10.5 Å². The van der Waals surface area contributed by atoms with Crippen molar-refractivity contribution in [2.24, 2.45) is 0 Å². The number of amides is 2. The van der Waals surface area contributed by atoms with Gasteiger partial charge in [-0.3, -0.25) is 10.1 Å². The number of nitrogens with one attached hydrogen (secondary N) is 3. The molecule has 0 fully saturated rings. The van der Waals surface area contributed by atoms with Gasteiger partial charge in [0.05, 0.1) is 23.1 Å². The largest absolute Gasteiger partial charge is 0.463 e. The summed E-state index contributed by atoms with van der Waals surface area (Å²) in [5, 5.41) is 20.4. The fourth-order valence-corrected chi connectivity index (χ4v) is 3.50. The van der Waals surface area contributed by atoms with E-state index in [2.05, 4.69) is 16.0 Å². The fourth-order valence-electron chi connectivity index (χ4n) is 3.37. The Labute approximate surface area is 189 Å². The van der Waals surface area contributed by atoms with Crippen LogP contribution < -0.4 is 16.0 Å². The molecule has 9 nitrogen and oxygen atoms in total. The summed E-state index contributed by atoms with van der Waals surface area (Å²) >= 11 is 5.90. The number of esters is 1. The average molecular weight is 459 g/mol. The topological polar surface area (TPSA) is 123 Å². The first kappa shape index (κ1) is 23.2. The molecule has 0 saturated carbocycles. The summed E-state index contributed by atoms with van der Waals surface area (Å²) in [5.41, 5.74) is 1.92. The molecule has 1 aliphatic rings. The van der Waals surface area contributed by atoms with E-state index >= 15 is 0 Å². The molecule has 3 rings (SSSR count). The maximum atomic E-state index is 12.8. The zero-order chi connectivity index (χ0) is 23.1. The Morgan fingerprint density at radius 1 is 1.25 bits per heavy atom. The van der Waals surface area contributed by atoms with E-state index in [4.69, 9.17) is 16.3 Å². The quantitative estimate of drug-likeness (QED) is 0.229. The molecule has 2 amide bonds. The van der Waals surface area contributed by atoms with Crippen molar-refractivity contribution >= 4 is 29.3 Å². The molecule has 0 unspecified atom stereocenters. The molecular weight excluding hydrogens is 436 g/mol. The van der Waals surface area contributed by atoms with Gasteiger partial charge in [0.15, 0.2) is 0 Å². The Balaban J connectivity index is 1.83. The van der Waals surface area contributed by atoms with Gasteiger partial charge in [-0.05, 0) is 43.1 Å². The Morgan fingerprint density at radius 2 is 2.00 bits per heavy atom. The average Bonchev–Trinajstić information content (AvgIpc) is 2.77. The third-order valence-corrected chi connectivity index (χ3v) is 5.12. The van der Waals surface area contributed by atoms with E-state index in [-0.39, 0.29) is 24.4 Å². The molecule has 10 heteroatoms. The molecule has 2 aromatic carbocycles. The normalized spacial score (nSPS) is 15.7. The SMILES string of the molecule is CCOC(=O)C1=C(CNCCc2ccc(Cl)cc2)NC(=O)N[C@@H]1c1cccc([N+](=O)[O-])c1. The number of nitrogens with zero attached hydrogens (tertiary/aromatic N) is 1. The monoisotopic (exact) mass is 458 g/mol. The van der Waals surface area contributed by atoms with E-state index in [0.717, 1.165) is 12.0 Å². The minimum Gasteiger partial charge on any atom is -0.463 e. The van der Waals surface area contributed by atoms with Crippen LogP contribution in [0, 0.1) is 10.1 Å². The van der Waals surface area contributed by atoms with Crippen molar-refractivity contribution in [1.29, 1.82) is 0 Å². The molecule has 1 heterocycles. The number of hydrogen-bond acceptors (Lipinski definition) is 6. The van der Waals surface area contributed by atoms with Gasteiger partial charge >= 0.3 is 12.0 Å². The van der Waals surface area contributed by atoms with Gasteiger partial charge in [-0.1, -0.05) is 35.9 Å². The smallest absolute Gasteiger partial charge is 0.338 e. The summed E-state index contributed by atoms with van der Waals surface area (Å²) in [4.78, 5) is 35.7. The number of carbonyl (C=O) groups is 2. The van der Waals surface area contributed by atoms with E-state index < -0.39 is 23.0 Å². The summed E-state index contributed by atoms with van der Waals surface area (Å²) in [6.45, 7) is 2.63. The molecule has 0 radical (unpaired) electrons. The summed E-state index contributed by atoms with van der Waals surface area (Å²) in [6, 6.07) is 11.9. The highest BCUT2D eigenvalue weighted by Gasteiger charge is 2.34. The molecule has 0 saturated heterocycles. The van der Waals surface area contributed by atoms with Crippen LogP contribution in [-0.4, -0.2) is 36.6 Å². The Morgan fingerprint density at radius 3 is 2.69 bits per heavy atom. The Hall–Kier alpha value is -3.43. The van der Waals surface area contributed by atoms with Gasteiger partial charge in [0.1, 0.15) is 0 Å². The van der Waals surface area contributed by atoms with Crippen LogP contribution in [0.5, 0.6) is 0 Å². The minimum atomic E-state index is -0.879. The number of nitro groups is 1. The molecule has 1 aliphatic heterocycles. The molecule has 32 heavy (non-hydrogen) atoms. The summed E-state index contributed by atoms with van der Waals surface area (Å²) in [6.07, 6.45) is 0.722. The van der Waals surface area contributed by atoms with Crippen LogP contribution in [0.3, 0.4) is 0 Å². The number of non-ortho nitro benzene ring substituents is 1. The summed E-state index contributed by atoms with van der Waals surface area (Å²) in [7, 11) is 0. The molecule has 168 valence electrons. The molecule has 0 aliphatic carbocycles. The molecule has 0 bridgehead atoms. The maximum Gasteiger partial charge on any atom is 0.338 e. The van der Waals surface area contributed by atoms with Crippen LogP contribution in [0.25, 0.3) is 0 Å². The number of urea groups is 1. The zero-order valence-corrected chi connectivity index (χ0v) is 18.1. The highest BCUT2D eigenvalue weighted by Crippen LogP contribution is 2.29. The molecule has 0 aromatic heterocycles. The minimum absolute atomic E-state index is 0.138. The standard InChI is InChI=1S/C22H23ClN4O5/c1-2-32-21(28)19-18(13-24-11-10-14-6-8-16(23)9-7-14)25-22(29)26-20(19)15-4-3-5-17(12-15)27(30)31/h3-9,12,20,24H,2,10-11,13H2,1H3,(H2,25,26,29)/t20-/m1/s1. The molecule has 2 aromatic rings. The fraction of sp³-hybridized carbons (Fsp3) is 0.273. The highest BCUT2D eigenvalue weighted by atomic mass is 35.5. The summed E-state index contributed by atoms with van der Waals surface area (Å²) in [5.74, 6) is -0.606. The first-order chi connectivity index (χ1) is 15.4. The van der Waals surface area contributed by atoms with Crippen molar-refractivity contribution < 1.29 is 19.2 Å². The lowest BCUT2D eigenvalue weighted by atomic mass is 9.94. The van der Waals surface area contributed by atoms with Gasteiger partial charge in [-0.15, -0.1) is 0 Å². The van der Waals surface area contributed by atoms with Crippen molar-refractivity contribution in [2.75, 3.05) is 19.7 Å². The van der Waals surface area contributed by atoms with E-state index in [1.54, 1.807) is 13.0 Å². The van der Waals surface area contributed by atoms with Crippen molar-refractivity contribution in [3.05, 3.63) is 86.1 Å². The predicted molar refractivity (Wildman–Crippen MR) is 119 cm³/mol. The van der Waals surface area contributed by atoms with E-state index in [1.807, 2.05) is 24.3 Å². The second-order valence-electron chi connectivity index (χ2n) is 7.05. The third-order valence-electron chi connectivity index (χ3n) is 4.87. The van der Waals surface area contributed by atoms with Crippen molar-refractivity contribution in [3.63, 3.8) is 0 Å². The van der Waals surface area contributed by atoms with Gasteiger partial charge < -0.3 is 20.7 Å². The number of benzene rings is 2. The highest BCUT2D eigenvalue weighted by molar-refractivity contribution is 6.30. The molecule has 3 N–H and O–H groups in total. The van der Waals surface area contributed by atoms with Gasteiger partial charge in [-0.25, -0.2) is 9.59 Å². The number of halogens is 1. The lowest BCUT2D eigenvalue weighted by Crippen LogP contribution is -2.48. The van der Waals surface area contributed by atoms with Crippen LogP contribution in [0.15, 0.2) is 59.8 Å². The lowest BCUT2D eigenvalue weighted by Gasteiger charge is -2.29. The van der Waals surface area contributed by atoms with Crippen molar-refractivity contribution in [1.82, 2.24) is 16.0 Å². The Bertz CT molecular complexity index is 1040. The second kappa shape index (κ2) is 10.7. The van der Waals surface area contributed by atoms with Crippen molar-refractivity contribution in [2.45, 2.75) is 19.4 Å². The Kier molecular flexibility index (Phi) is 7.80. The van der Waals surface area contributed by atoms with E-state index in [9.17, 15) is 19.7 Å². The van der Waals surface area contributed by atoms with Crippen LogP contribution in [-0.2, 0) is 16.0 Å². The first-order valence-corrected chi connectivity index (χ1v) is 10.4. The second-order valence-corrected chi connectivity index (χ2v) is 7.49. The number of rotatable bonds is 9. The van der Waals surface area contributed by atoms with Crippen LogP contribution >= 0.6 is 11.6 Å². The number of hydrogen-bond donors (Lipinski definition) is 3. The lowest BCUT2D eigenvalue weighted by molar-refractivity contribution is -0.384. The number of ether oxygens (including phenoxy) is 1. The van der Waals surface area contributed by atoms with E-state index in [0.29, 0.717) is 22.8 Å². The molecule has 1 atom stereocenters. The molecular formula is C22H23ClN4O5. The van der Waals surface area contributed by atoms with Gasteiger partial charge in [-0.2, -0.15) is 0 Å². The van der Waals surface area contributed by atoms with Crippen molar-refractivity contribution in [3.8, 4) is 0 Å². The predicted octanol–water partition coefficient (Wildman–Crippen LogP) is 3.25. The first-order valence-electron chi connectivity index (χ1n) is 10.1. The maximum absolute atomic E-state index is 12.8. The van der Waals surface area contributed by atoms with Gasteiger partial charge in [0.2, 0.25) is 0 Å². The van der Waals surface area contributed by atoms with E-state index in [1.165, 1.54) is 18.2 Å². The van der Waals surface area contributed by atoms with Gasteiger partial charge in [0.25, 0.3) is 5.69 Å². The van der Waals surface area contributed by atoms with Gasteiger partial charge in [0, 0.05) is 29.4 Å². The number of nitro benzene ring substituents is 1. The molecule has 0 spiro atoms. The third kappa shape index (κ3) is 5.83. The van der Waals surface area contributed by atoms with Crippen LogP contribution in [0.1, 0.15) is 24.1 Å². The summed E-state index contributed by atoms with van der Waals surface area (Å²) < 4.78 is 5.20. The zero-order valence-electron chi connectivity index (χ0n) is 17.4. The van der Waals surface area contributed by atoms with Crippen LogP contribution in [0.2, 0.25) is 5.02 Å².